The molecule has 6 heteroatoms. The van der Waals surface area contributed by atoms with Gasteiger partial charge in [0.2, 0.25) is 0 Å². The molecule has 130 valence electrons. The van der Waals surface area contributed by atoms with Crippen molar-refractivity contribution < 1.29 is 44.5 Å². The van der Waals surface area contributed by atoms with Gasteiger partial charge in [-0.15, -0.1) is 0 Å². The summed E-state index contributed by atoms with van der Waals surface area (Å²) in [6.45, 7) is 0. The zero-order valence-corrected chi connectivity index (χ0v) is 20.7. The molecule has 0 bridgehead atoms. The van der Waals surface area contributed by atoms with Crippen molar-refractivity contribution in [3.63, 3.8) is 0 Å². The van der Waals surface area contributed by atoms with Crippen molar-refractivity contribution in [2.45, 2.75) is 10.6 Å². The molecule has 0 spiro atoms. The molecule has 1 unspecified atom stereocenters. The van der Waals surface area contributed by atoms with Crippen molar-refractivity contribution in [3.8, 4) is 0 Å². The maximum atomic E-state index is 6.25. The summed E-state index contributed by atoms with van der Waals surface area (Å²) >= 11 is 3.55. The van der Waals surface area contributed by atoms with Crippen LogP contribution >= 0.6 is 36.5 Å². The average Bonchev–Trinajstić information content (AvgIpc) is 3.27. The van der Waals surface area contributed by atoms with E-state index in [4.69, 9.17) is 8.86 Å². The number of thioether (sulfide) groups is 1. The quantitative estimate of drug-likeness (QED) is 0.389. The summed E-state index contributed by atoms with van der Waals surface area (Å²) < 4.78 is 3.34. The van der Waals surface area contributed by atoms with Crippen LogP contribution in [0.4, 0.5) is 0 Å². The van der Waals surface area contributed by atoms with E-state index in [-0.39, 0.29) is 24.8 Å². The first-order valence-electron chi connectivity index (χ1n) is 7.93. The first-order chi connectivity index (χ1) is 11.7. The number of hydrogen-bond acceptors (Lipinski definition) is 2. The summed E-state index contributed by atoms with van der Waals surface area (Å²) in [5, 5.41) is 2.72. The summed E-state index contributed by atoms with van der Waals surface area (Å²) in [5.74, 6) is 0. The second-order valence-electron chi connectivity index (χ2n) is 6.14. The predicted molar refractivity (Wildman–Crippen MR) is 107 cm³/mol. The van der Waals surface area contributed by atoms with Crippen molar-refractivity contribution in [1.29, 1.82) is 0 Å². The van der Waals surface area contributed by atoms with Crippen molar-refractivity contribution >= 4 is 56.9 Å². The van der Waals surface area contributed by atoms with Crippen LogP contribution in [0.25, 0.3) is 17.1 Å². The topological polar surface area (TPSA) is 0 Å². The number of rotatable bonds is 2. The molecular formula is C20H13BrCl2S2Zr. The van der Waals surface area contributed by atoms with Crippen LogP contribution < -0.4 is 38.5 Å². The van der Waals surface area contributed by atoms with Gasteiger partial charge in [-0.3, -0.25) is 0 Å². The molecule has 0 N–H and O–H groups in total. The summed E-state index contributed by atoms with van der Waals surface area (Å²) in [6.07, 6.45) is 7.97. The first-order valence-corrected chi connectivity index (χ1v) is 15.6. The van der Waals surface area contributed by atoms with Crippen LogP contribution in [-0.4, -0.2) is 4.16 Å². The zero-order valence-electron chi connectivity index (χ0n) is 13.5. The molecule has 0 nitrogen and oxygen atoms in total. The Morgan fingerprint density at radius 2 is 1.88 bits per heavy atom. The minimum absolute atomic E-state index is 0. The van der Waals surface area contributed by atoms with Crippen LogP contribution in [-0.2, 0) is 26.1 Å². The van der Waals surface area contributed by atoms with Crippen molar-refractivity contribution in [2.75, 3.05) is 0 Å². The fourth-order valence-corrected chi connectivity index (χ4v) is 16.1. The molecule has 2 aliphatic carbocycles. The van der Waals surface area contributed by atoms with Crippen LogP contribution in [0.15, 0.2) is 57.4 Å². The molecule has 5 rings (SSSR count). The molecule has 0 saturated heterocycles. The molecular weight excluding hydrogens is 546 g/mol. The van der Waals surface area contributed by atoms with Gasteiger partial charge in [-0.1, -0.05) is 0 Å². The number of allylic oxidation sites excluding steroid dienone is 1. The summed E-state index contributed by atoms with van der Waals surface area (Å²) in [6, 6.07) is 15.4. The van der Waals surface area contributed by atoms with Crippen molar-refractivity contribution in [2.24, 2.45) is 0 Å². The third-order valence-electron chi connectivity index (χ3n) is 4.80. The van der Waals surface area contributed by atoms with Gasteiger partial charge >= 0.3 is 166 Å². The monoisotopic (exact) mass is 556 g/mol. The van der Waals surface area contributed by atoms with Gasteiger partial charge in [0.25, 0.3) is 0 Å². The summed E-state index contributed by atoms with van der Waals surface area (Å²) in [5.41, 5.74) is 4.29. The zero-order chi connectivity index (χ0) is 16.3. The van der Waals surface area contributed by atoms with Crippen LogP contribution in [0.5, 0.6) is 0 Å². The van der Waals surface area contributed by atoms with Gasteiger partial charge in [0, 0.05) is 0 Å². The molecule has 1 aliphatic heterocycles. The van der Waals surface area contributed by atoms with E-state index < -0.39 is 19.7 Å². The Hall–Kier alpha value is 0.173. The number of hydrogen-bond donors (Lipinski definition) is 0. The van der Waals surface area contributed by atoms with Gasteiger partial charge in [0.1, 0.15) is 0 Å². The van der Waals surface area contributed by atoms with E-state index in [1.165, 1.54) is 38.6 Å². The van der Waals surface area contributed by atoms with Gasteiger partial charge in [0.15, 0.2) is 0 Å². The summed E-state index contributed by atoms with van der Waals surface area (Å²) in [4.78, 5) is 1.42. The number of fused-ring (bicyclic) bond motifs is 3. The number of benzene rings is 2. The van der Waals surface area contributed by atoms with Gasteiger partial charge in [-0.2, -0.15) is 0 Å². The number of halogens is 3. The third-order valence-corrected chi connectivity index (χ3v) is 15.9. The Labute approximate surface area is 189 Å². The Balaban J connectivity index is 0.000000980. The predicted octanol–water partition coefficient (Wildman–Crippen LogP) is -2.06. The van der Waals surface area contributed by atoms with Gasteiger partial charge in [0.05, 0.1) is 0 Å². The van der Waals surface area contributed by atoms with Gasteiger partial charge in [-0.25, -0.2) is 0 Å². The van der Waals surface area contributed by atoms with Crippen LogP contribution in [0, 0.1) is 0 Å². The van der Waals surface area contributed by atoms with Crippen molar-refractivity contribution in [3.05, 3.63) is 79.0 Å². The maximum absolute atomic E-state index is 6.25. The molecule has 0 radical (unpaired) electrons. The fourth-order valence-electron chi connectivity index (χ4n) is 3.67. The van der Waals surface area contributed by atoms with E-state index in [9.17, 15) is 0 Å². The van der Waals surface area contributed by atoms with Crippen LogP contribution in [0.1, 0.15) is 11.1 Å². The molecule has 26 heavy (non-hydrogen) atoms. The Morgan fingerprint density at radius 1 is 1.08 bits per heavy atom. The average molecular weight is 559 g/mol. The van der Waals surface area contributed by atoms with E-state index >= 15 is 0 Å². The Morgan fingerprint density at radius 3 is 2.73 bits per heavy atom. The Bertz CT molecular complexity index is 1110. The van der Waals surface area contributed by atoms with E-state index in [0.29, 0.717) is 4.16 Å². The van der Waals surface area contributed by atoms with E-state index in [1.807, 2.05) is 11.8 Å². The summed E-state index contributed by atoms with van der Waals surface area (Å²) in [7, 11) is 6.25. The molecule has 0 fully saturated rings. The first kappa shape index (κ1) is 20.9. The molecule has 0 aromatic heterocycles. The molecule has 1 heterocycles. The molecule has 2 aromatic carbocycles. The van der Waals surface area contributed by atoms with E-state index in [2.05, 4.69) is 76.6 Å². The fraction of sp³-hybridized carbons (Fsp3) is 0.100. The van der Waals surface area contributed by atoms with Crippen LogP contribution in [0.2, 0.25) is 0 Å². The SMILES string of the molecule is [Cl-].[Cl-].[S]=[Zr+2]([C]1=C2C=c3ccccc3=C2SC1Br)[c]1cccc2c1C=CC2. The molecule has 0 amide bonds. The van der Waals surface area contributed by atoms with E-state index in [1.54, 1.807) is 0 Å². The normalized spacial score (nSPS) is 18.2. The second-order valence-corrected chi connectivity index (χ2v) is 15.5. The van der Waals surface area contributed by atoms with Gasteiger partial charge < -0.3 is 24.8 Å². The third kappa shape index (κ3) is 3.25. The standard InChI is InChI=1S/C11H6BrS.C9H7.2ClH.S.Zr/c12-10-6-8-5-7-3-1-2-4-9(7)11(8)13-10;1-2-5-9-7-3-6-8(9)4-1;;;;/h1-5,10H;1-4,7H,6H2;2*1H;;/q;;;;;+2/p-2. The molecule has 0 saturated carbocycles. The Kier molecular flexibility index (Phi) is 6.65. The molecule has 2 aromatic rings. The van der Waals surface area contributed by atoms with Gasteiger partial charge in [-0.05, 0) is 0 Å². The number of alkyl halides is 1. The molecule has 3 aliphatic rings. The minimum atomic E-state index is -2.31. The molecule has 1 atom stereocenters. The van der Waals surface area contributed by atoms with Crippen molar-refractivity contribution in [1.82, 2.24) is 0 Å². The van der Waals surface area contributed by atoms with Crippen LogP contribution in [0.3, 0.4) is 0 Å². The van der Waals surface area contributed by atoms with E-state index in [0.717, 1.165) is 6.42 Å². The second kappa shape index (κ2) is 8.27.